The van der Waals surface area contributed by atoms with Crippen LogP contribution in [0, 0.1) is 5.82 Å². The molecule has 0 bridgehead atoms. The predicted molar refractivity (Wildman–Crippen MR) is 79.6 cm³/mol. The van der Waals surface area contributed by atoms with Crippen molar-refractivity contribution >= 4 is 5.91 Å². The fourth-order valence-corrected chi connectivity index (χ4v) is 1.89. The second-order valence-electron chi connectivity index (χ2n) is 4.83. The Hall–Kier alpha value is -2.28. The molecule has 0 saturated carbocycles. The fraction of sp³-hybridized carbons (Fsp3) is 0.400. The predicted octanol–water partition coefficient (Wildman–Crippen LogP) is 1.53. The molecule has 0 aliphatic carbocycles. The van der Waals surface area contributed by atoms with Crippen molar-refractivity contribution < 1.29 is 13.7 Å². The van der Waals surface area contributed by atoms with Gasteiger partial charge < -0.3 is 15.2 Å². The first-order chi connectivity index (χ1) is 10.7. The number of hydrogen-bond acceptors (Lipinski definition) is 5. The lowest BCUT2D eigenvalue weighted by Gasteiger charge is -2.03. The summed E-state index contributed by atoms with van der Waals surface area (Å²) in [4.78, 5) is 15.8. The standard InChI is InChI=1S/C15H19FN4O2/c1-17-9-10-18-13(21)3-2-4-14-19-15(20-22-14)11-5-7-12(16)8-6-11/h5-8,17H,2-4,9-10H2,1H3,(H,18,21). The average molecular weight is 306 g/mol. The molecule has 2 N–H and O–H groups in total. The number of nitrogens with one attached hydrogen (secondary N) is 2. The van der Waals surface area contributed by atoms with Crippen molar-refractivity contribution in [2.75, 3.05) is 20.1 Å². The van der Waals surface area contributed by atoms with E-state index in [4.69, 9.17) is 4.52 Å². The molecule has 0 aliphatic rings. The molecule has 0 radical (unpaired) electrons. The molecule has 2 aromatic rings. The van der Waals surface area contributed by atoms with Gasteiger partial charge >= 0.3 is 0 Å². The van der Waals surface area contributed by atoms with Crippen LogP contribution >= 0.6 is 0 Å². The molecule has 118 valence electrons. The van der Waals surface area contributed by atoms with Gasteiger partial charge in [-0.05, 0) is 37.7 Å². The van der Waals surface area contributed by atoms with E-state index in [1.807, 2.05) is 7.05 Å². The zero-order valence-electron chi connectivity index (χ0n) is 12.4. The van der Waals surface area contributed by atoms with Crippen LogP contribution in [0.2, 0.25) is 0 Å². The molecule has 2 rings (SSSR count). The van der Waals surface area contributed by atoms with Gasteiger partial charge in [0.15, 0.2) is 0 Å². The summed E-state index contributed by atoms with van der Waals surface area (Å²) in [6.45, 7) is 1.36. The van der Waals surface area contributed by atoms with E-state index in [-0.39, 0.29) is 11.7 Å². The lowest BCUT2D eigenvalue weighted by molar-refractivity contribution is -0.121. The number of likely N-dealkylation sites (N-methyl/N-ethyl adjacent to an activating group) is 1. The molecule has 1 aromatic carbocycles. The monoisotopic (exact) mass is 306 g/mol. The van der Waals surface area contributed by atoms with Crippen molar-refractivity contribution in [2.45, 2.75) is 19.3 Å². The van der Waals surface area contributed by atoms with Gasteiger partial charge in [-0.15, -0.1) is 0 Å². The van der Waals surface area contributed by atoms with Gasteiger partial charge in [0, 0.05) is 31.5 Å². The second kappa shape index (κ2) is 8.23. The van der Waals surface area contributed by atoms with Crippen molar-refractivity contribution in [1.82, 2.24) is 20.8 Å². The van der Waals surface area contributed by atoms with Crippen LogP contribution in [0.4, 0.5) is 4.39 Å². The molecule has 0 spiro atoms. The van der Waals surface area contributed by atoms with Crippen molar-refractivity contribution in [3.05, 3.63) is 36.0 Å². The molecule has 0 saturated heterocycles. The minimum atomic E-state index is -0.309. The van der Waals surface area contributed by atoms with E-state index in [1.54, 1.807) is 12.1 Å². The SMILES string of the molecule is CNCCNC(=O)CCCc1nc(-c2ccc(F)cc2)no1. The minimum absolute atomic E-state index is 0.00789. The smallest absolute Gasteiger partial charge is 0.226 e. The number of aryl methyl sites for hydroxylation is 1. The van der Waals surface area contributed by atoms with Crippen molar-refractivity contribution in [3.8, 4) is 11.4 Å². The fourth-order valence-electron chi connectivity index (χ4n) is 1.89. The van der Waals surface area contributed by atoms with Crippen molar-refractivity contribution in [3.63, 3.8) is 0 Å². The third-order valence-electron chi connectivity index (χ3n) is 3.06. The van der Waals surface area contributed by atoms with Crippen LogP contribution in [-0.2, 0) is 11.2 Å². The highest BCUT2D eigenvalue weighted by molar-refractivity contribution is 5.75. The summed E-state index contributed by atoms with van der Waals surface area (Å²) >= 11 is 0. The van der Waals surface area contributed by atoms with Gasteiger partial charge in [-0.25, -0.2) is 4.39 Å². The molecule has 0 fully saturated rings. The molecule has 1 amide bonds. The van der Waals surface area contributed by atoms with Gasteiger partial charge in [-0.1, -0.05) is 5.16 Å². The molecule has 7 heteroatoms. The van der Waals surface area contributed by atoms with E-state index < -0.39 is 0 Å². The van der Waals surface area contributed by atoms with Crippen molar-refractivity contribution in [2.24, 2.45) is 0 Å². The number of aromatic nitrogens is 2. The van der Waals surface area contributed by atoms with Crippen LogP contribution in [0.15, 0.2) is 28.8 Å². The van der Waals surface area contributed by atoms with Crippen LogP contribution in [0.25, 0.3) is 11.4 Å². The second-order valence-corrected chi connectivity index (χ2v) is 4.83. The Bertz CT molecular complexity index is 598. The summed E-state index contributed by atoms with van der Waals surface area (Å²) in [7, 11) is 1.83. The topological polar surface area (TPSA) is 80.0 Å². The summed E-state index contributed by atoms with van der Waals surface area (Å²) < 4.78 is 18.0. The third kappa shape index (κ3) is 4.92. The van der Waals surface area contributed by atoms with Gasteiger partial charge in [-0.2, -0.15) is 4.98 Å². The largest absolute Gasteiger partial charge is 0.355 e. The Morgan fingerprint density at radius 1 is 1.27 bits per heavy atom. The van der Waals surface area contributed by atoms with Gasteiger partial charge in [0.2, 0.25) is 17.6 Å². The molecule has 0 atom stereocenters. The normalized spacial score (nSPS) is 10.6. The molecule has 1 heterocycles. The lowest BCUT2D eigenvalue weighted by atomic mass is 10.2. The molecule has 1 aromatic heterocycles. The zero-order valence-corrected chi connectivity index (χ0v) is 12.4. The van der Waals surface area contributed by atoms with E-state index in [0.717, 1.165) is 6.54 Å². The Morgan fingerprint density at radius 3 is 2.77 bits per heavy atom. The maximum Gasteiger partial charge on any atom is 0.226 e. The summed E-state index contributed by atoms with van der Waals surface area (Å²) in [5.74, 6) is 0.598. The van der Waals surface area contributed by atoms with Gasteiger partial charge in [0.05, 0.1) is 0 Å². The Labute approximate surface area is 128 Å². The highest BCUT2D eigenvalue weighted by Gasteiger charge is 2.09. The number of carbonyl (C=O) groups excluding carboxylic acids is 1. The quantitative estimate of drug-likeness (QED) is 0.723. The van der Waals surface area contributed by atoms with Crippen molar-refractivity contribution in [1.29, 1.82) is 0 Å². The maximum atomic E-state index is 12.9. The van der Waals surface area contributed by atoms with E-state index in [9.17, 15) is 9.18 Å². The number of hydrogen-bond donors (Lipinski definition) is 2. The number of rotatable bonds is 8. The first kappa shape index (κ1) is 16.1. The molecule has 0 aliphatic heterocycles. The maximum absolute atomic E-state index is 12.9. The Morgan fingerprint density at radius 2 is 2.05 bits per heavy atom. The van der Waals surface area contributed by atoms with Gasteiger partial charge in [0.1, 0.15) is 5.82 Å². The Kier molecular flexibility index (Phi) is 6.02. The van der Waals surface area contributed by atoms with E-state index >= 15 is 0 Å². The number of amides is 1. The number of halogens is 1. The summed E-state index contributed by atoms with van der Waals surface area (Å²) in [6, 6.07) is 5.89. The van der Waals surface area contributed by atoms with Crippen LogP contribution in [-0.4, -0.2) is 36.2 Å². The summed E-state index contributed by atoms with van der Waals surface area (Å²) in [5, 5.41) is 9.62. The lowest BCUT2D eigenvalue weighted by Crippen LogP contribution is -2.30. The first-order valence-electron chi connectivity index (χ1n) is 7.19. The van der Waals surface area contributed by atoms with E-state index in [2.05, 4.69) is 20.8 Å². The number of benzene rings is 1. The average Bonchev–Trinajstić information content (AvgIpc) is 2.97. The minimum Gasteiger partial charge on any atom is -0.355 e. The van der Waals surface area contributed by atoms with E-state index in [0.29, 0.717) is 43.1 Å². The Balaban J connectivity index is 1.78. The van der Waals surface area contributed by atoms with Crippen LogP contribution in [0.5, 0.6) is 0 Å². The molecule has 22 heavy (non-hydrogen) atoms. The van der Waals surface area contributed by atoms with E-state index in [1.165, 1.54) is 12.1 Å². The number of carbonyl (C=O) groups is 1. The van der Waals surface area contributed by atoms with Crippen LogP contribution < -0.4 is 10.6 Å². The molecule has 0 unspecified atom stereocenters. The molecule has 6 nitrogen and oxygen atoms in total. The number of nitrogens with zero attached hydrogens (tertiary/aromatic N) is 2. The zero-order chi connectivity index (χ0) is 15.8. The van der Waals surface area contributed by atoms with Gasteiger partial charge in [-0.3, -0.25) is 4.79 Å². The molecular formula is C15H19FN4O2. The third-order valence-corrected chi connectivity index (χ3v) is 3.06. The highest BCUT2D eigenvalue weighted by Crippen LogP contribution is 2.16. The highest BCUT2D eigenvalue weighted by atomic mass is 19.1. The van der Waals surface area contributed by atoms with Crippen LogP contribution in [0.3, 0.4) is 0 Å². The summed E-state index contributed by atoms with van der Waals surface area (Å²) in [6.07, 6.45) is 1.59. The first-order valence-corrected chi connectivity index (χ1v) is 7.19. The summed E-state index contributed by atoms with van der Waals surface area (Å²) in [5.41, 5.74) is 0.696. The van der Waals surface area contributed by atoms with Gasteiger partial charge in [0.25, 0.3) is 0 Å². The van der Waals surface area contributed by atoms with Crippen LogP contribution in [0.1, 0.15) is 18.7 Å². The molecular weight excluding hydrogens is 287 g/mol.